The summed E-state index contributed by atoms with van der Waals surface area (Å²) in [5.74, 6) is -1.37. The van der Waals surface area contributed by atoms with Gasteiger partial charge in [0.1, 0.15) is 26.4 Å². The molecule has 0 aliphatic heterocycles. The second-order valence-corrected chi connectivity index (χ2v) is 18.9. The van der Waals surface area contributed by atoms with Crippen molar-refractivity contribution in [3.8, 4) is 11.1 Å². The molecular formula is C64H74N2O12. The summed E-state index contributed by atoms with van der Waals surface area (Å²) >= 11 is 0. The van der Waals surface area contributed by atoms with E-state index in [0.717, 1.165) is 78.6 Å². The van der Waals surface area contributed by atoms with E-state index in [1.165, 1.54) is 0 Å². The number of rotatable bonds is 31. The molecule has 78 heavy (non-hydrogen) atoms. The molecule has 0 aliphatic carbocycles. The molecular weight excluding hydrogens is 989 g/mol. The van der Waals surface area contributed by atoms with Gasteiger partial charge in [-0.05, 0) is 138 Å². The van der Waals surface area contributed by atoms with Crippen LogP contribution >= 0.6 is 0 Å². The predicted octanol–water partition coefficient (Wildman–Crippen LogP) is 13.2. The number of aryl methyl sites for hydroxylation is 2. The summed E-state index contributed by atoms with van der Waals surface area (Å²) in [5.41, 5.74) is 14.3. The number of carbonyl (C=O) groups excluding carboxylic acids is 4. The van der Waals surface area contributed by atoms with Gasteiger partial charge >= 0.3 is 23.9 Å². The van der Waals surface area contributed by atoms with Crippen molar-refractivity contribution in [3.63, 3.8) is 0 Å². The van der Waals surface area contributed by atoms with Crippen LogP contribution in [0.15, 0.2) is 146 Å². The first-order valence-corrected chi connectivity index (χ1v) is 26.5. The van der Waals surface area contributed by atoms with Crippen LogP contribution in [-0.4, -0.2) is 76.7 Å². The van der Waals surface area contributed by atoms with E-state index in [9.17, 15) is 19.2 Å². The topological polar surface area (TPSA) is 149 Å². The Morgan fingerprint density at radius 3 is 1.12 bits per heavy atom. The fourth-order valence-electron chi connectivity index (χ4n) is 8.01. The van der Waals surface area contributed by atoms with Gasteiger partial charge in [0.05, 0.1) is 58.8 Å². The number of benzene rings is 6. The number of nitrogens with zero attached hydrogens (tertiary/aromatic N) is 2. The summed E-state index contributed by atoms with van der Waals surface area (Å²) in [4.78, 5) is 51.2. The first-order chi connectivity index (χ1) is 37.7. The Labute approximate surface area is 459 Å². The third-order valence-electron chi connectivity index (χ3n) is 12.5. The van der Waals surface area contributed by atoms with E-state index in [1.54, 1.807) is 34.6 Å². The van der Waals surface area contributed by atoms with Crippen LogP contribution in [0.2, 0.25) is 0 Å². The molecule has 0 unspecified atom stereocenters. The second kappa shape index (κ2) is 31.0. The number of esters is 4. The maximum atomic E-state index is 11.9. The Balaban J connectivity index is 1.22. The zero-order chi connectivity index (χ0) is 55.8. The maximum Gasteiger partial charge on any atom is 0.333 e. The molecule has 0 fully saturated rings. The molecule has 0 saturated heterocycles. The minimum absolute atomic E-state index is 0.144. The highest BCUT2D eigenvalue weighted by molar-refractivity contribution is 5.87. The highest BCUT2D eigenvalue weighted by Crippen LogP contribution is 2.39. The number of hydrogen-bond acceptors (Lipinski definition) is 14. The molecule has 0 amide bonds. The van der Waals surface area contributed by atoms with Gasteiger partial charge in [0.2, 0.25) is 0 Å². The normalized spacial score (nSPS) is 11.0. The molecule has 0 aliphatic rings. The van der Waals surface area contributed by atoms with E-state index in [2.05, 4.69) is 139 Å². The number of carbonyl (C=O) groups is 4. The zero-order valence-corrected chi connectivity index (χ0v) is 46.2. The van der Waals surface area contributed by atoms with Crippen LogP contribution in [0, 0.1) is 19.8 Å². The van der Waals surface area contributed by atoms with E-state index >= 15 is 0 Å². The molecule has 0 bridgehead atoms. The molecule has 412 valence electrons. The molecule has 6 rings (SSSR count). The lowest BCUT2D eigenvalue weighted by Crippen LogP contribution is -2.15. The fourth-order valence-corrected chi connectivity index (χ4v) is 8.01. The summed E-state index contributed by atoms with van der Waals surface area (Å²) in [6, 6.07) is 46.1. The van der Waals surface area contributed by atoms with Gasteiger partial charge in [0.15, 0.2) is 0 Å². The van der Waals surface area contributed by atoms with Gasteiger partial charge in [-0.3, -0.25) is 14.4 Å². The Hall–Kier alpha value is -7.62. The van der Waals surface area contributed by atoms with E-state index in [4.69, 9.17) is 37.9 Å². The smallest absolute Gasteiger partial charge is 0.333 e. The van der Waals surface area contributed by atoms with E-state index in [0.29, 0.717) is 64.7 Å². The summed E-state index contributed by atoms with van der Waals surface area (Å²) in [6.45, 7) is 19.9. The van der Waals surface area contributed by atoms with Gasteiger partial charge in [-0.2, -0.15) is 0 Å². The van der Waals surface area contributed by atoms with Crippen LogP contribution in [0.5, 0.6) is 0 Å². The fraction of sp³-hybridized carbons (Fsp3) is 0.344. The monoisotopic (exact) mass is 1060 g/mol. The minimum atomic E-state index is -0.436. The summed E-state index contributed by atoms with van der Waals surface area (Å²) < 4.78 is 44.2. The average molecular weight is 1060 g/mol. The van der Waals surface area contributed by atoms with Gasteiger partial charge < -0.3 is 47.7 Å². The van der Waals surface area contributed by atoms with Crippen molar-refractivity contribution in [3.05, 3.63) is 179 Å². The van der Waals surface area contributed by atoms with E-state index in [-0.39, 0.29) is 56.9 Å². The third-order valence-corrected chi connectivity index (χ3v) is 12.5. The van der Waals surface area contributed by atoms with Crippen molar-refractivity contribution in [1.82, 2.24) is 0 Å². The second-order valence-electron chi connectivity index (χ2n) is 18.9. The average Bonchev–Trinajstić information content (AvgIpc) is 3.45. The van der Waals surface area contributed by atoms with Crippen LogP contribution < -0.4 is 9.80 Å². The first kappa shape index (κ1) is 59.6. The van der Waals surface area contributed by atoms with E-state index in [1.807, 2.05) is 24.3 Å². The van der Waals surface area contributed by atoms with Gasteiger partial charge in [0.25, 0.3) is 0 Å². The van der Waals surface area contributed by atoms with Crippen molar-refractivity contribution in [2.24, 2.45) is 5.92 Å². The lowest BCUT2D eigenvalue weighted by atomic mass is 10.0. The lowest BCUT2D eigenvalue weighted by Gasteiger charge is -2.27. The van der Waals surface area contributed by atoms with E-state index < -0.39 is 5.97 Å². The number of hydrogen-bond donors (Lipinski definition) is 0. The molecule has 0 saturated carbocycles. The van der Waals surface area contributed by atoms with Crippen LogP contribution in [0.4, 0.5) is 34.1 Å². The van der Waals surface area contributed by atoms with Gasteiger partial charge in [-0.15, -0.1) is 0 Å². The Bertz CT molecular complexity index is 2880. The molecule has 14 nitrogen and oxygen atoms in total. The number of ether oxygens (including phenoxy) is 8. The molecule has 0 radical (unpaired) electrons. The molecule has 14 heteroatoms. The number of anilines is 6. The molecule has 6 aromatic rings. The zero-order valence-electron chi connectivity index (χ0n) is 46.2. The van der Waals surface area contributed by atoms with Crippen molar-refractivity contribution >= 4 is 58.0 Å². The van der Waals surface area contributed by atoms with Gasteiger partial charge in [-0.25, -0.2) is 4.79 Å². The van der Waals surface area contributed by atoms with Crippen LogP contribution in [-0.2, 0) is 83.5 Å². The quantitative estimate of drug-likeness (QED) is 0.0176. The largest absolute Gasteiger partial charge is 0.463 e. The van der Waals surface area contributed by atoms with Crippen molar-refractivity contribution in [2.45, 2.75) is 87.7 Å². The van der Waals surface area contributed by atoms with Crippen molar-refractivity contribution in [1.29, 1.82) is 0 Å². The van der Waals surface area contributed by atoms with Crippen LogP contribution in [0.25, 0.3) is 11.1 Å². The SMILES string of the molecule is C=C(C)C(=O)OCCOCc1ccc(N(c2ccc(COCCOC(=O)C(C)C)cc2)c2ccc(-c3ccc(N(c4ccc(COCCOC(=O)CC)cc4)c4ccc(COCCOC(=O)CC)c(C)c4)cc3)cc2)cc1C. The standard InChI is InChI=1S/C64H74N2O12/c1-9-61(67)75-35-31-71-41-49-11-21-55(22-12-49)65(59-29-19-53(47(7)39-59)43-73-32-36-76-62(68)10-2)57-25-15-51(16-26-57)52-17-27-58(28-18-52)66(56-23-13-50(14-24-56)42-72-33-37-77-63(69)45(3)4)60-30-20-54(48(8)40-60)44-74-34-38-78-64(70)46(5)6/h11-30,39-40,45H,5,9-10,31-38,41-44H2,1-4,6-8H3. The van der Waals surface area contributed by atoms with Crippen molar-refractivity contribution in [2.75, 3.05) is 62.7 Å². The molecule has 0 aromatic heterocycles. The first-order valence-electron chi connectivity index (χ1n) is 26.5. The van der Waals surface area contributed by atoms with Crippen molar-refractivity contribution < 1.29 is 57.1 Å². The molecule has 0 spiro atoms. The highest BCUT2D eigenvalue weighted by atomic mass is 16.6. The lowest BCUT2D eigenvalue weighted by molar-refractivity contribution is -0.149. The Morgan fingerprint density at radius 2 is 0.769 bits per heavy atom. The summed E-state index contributed by atoms with van der Waals surface area (Å²) in [6.07, 6.45) is 0.658. The van der Waals surface area contributed by atoms with Gasteiger partial charge in [-0.1, -0.05) is 94.9 Å². The van der Waals surface area contributed by atoms with Crippen LogP contribution in [0.3, 0.4) is 0 Å². The minimum Gasteiger partial charge on any atom is -0.463 e. The predicted molar refractivity (Wildman–Crippen MR) is 303 cm³/mol. The molecule has 6 aromatic carbocycles. The summed E-state index contributed by atoms with van der Waals surface area (Å²) in [5, 5.41) is 0. The van der Waals surface area contributed by atoms with Crippen LogP contribution in [0.1, 0.15) is 80.8 Å². The molecule has 0 heterocycles. The highest BCUT2D eigenvalue weighted by Gasteiger charge is 2.18. The molecule has 0 N–H and O–H groups in total. The Morgan fingerprint density at radius 1 is 0.436 bits per heavy atom. The summed E-state index contributed by atoms with van der Waals surface area (Å²) in [7, 11) is 0. The molecule has 0 atom stereocenters. The maximum absolute atomic E-state index is 11.9. The Kier molecular flexibility index (Phi) is 23.7. The van der Waals surface area contributed by atoms with Gasteiger partial charge in [0, 0.05) is 52.5 Å². The third kappa shape index (κ3) is 18.3.